The first-order chi connectivity index (χ1) is 22.7. The highest BCUT2D eigenvalue weighted by Gasteiger charge is 2.25. The van der Waals surface area contributed by atoms with Gasteiger partial charge in [-0.1, -0.05) is 42.5 Å². The van der Waals surface area contributed by atoms with Crippen LogP contribution >= 0.6 is 0 Å². The molecule has 3 heterocycles. The van der Waals surface area contributed by atoms with E-state index < -0.39 is 0 Å². The van der Waals surface area contributed by atoms with Gasteiger partial charge >= 0.3 is 0 Å². The summed E-state index contributed by atoms with van der Waals surface area (Å²) >= 11 is 0. The molecule has 46 heavy (non-hydrogen) atoms. The molecule has 230 valence electrons. The molecule has 0 aliphatic carbocycles. The van der Waals surface area contributed by atoms with E-state index >= 15 is 0 Å². The third-order valence-corrected chi connectivity index (χ3v) is 8.58. The number of fused-ring (bicyclic) bond motifs is 3. The molecule has 3 aliphatic rings. The number of hydrogen-bond donors (Lipinski definition) is 0. The molecule has 3 saturated heterocycles. The summed E-state index contributed by atoms with van der Waals surface area (Å²) in [5, 5.41) is 6.55. The lowest BCUT2D eigenvalue weighted by Gasteiger charge is -2.16. The van der Waals surface area contributed by atoms with Crippen molar-refractivity contribution in [2.75, 3.05) is 39.6 Å². The van der Waals surface area contributed by atoms with Crippen LogP contribution in [0.5, 0.6) is 28.7 Å². The molecule has 3 unspecified atom stereocenters. The maximum Gasteiger partial charge on any atom is 0.128 e. The van der Waals surface area contributed by atoms with Crippen molar-refractivity contribution in [1.82, 2.24) is 0 Å². The number of epoxide rings is 3. The second-order valence-corrected chi connectivity index (χ2v) is 12.1. The lowest BCUT2D eigenvalue weighted by Crippen LogP contribution is -2.05. The zero-order valence-corrected chi connectivity index (χ0v) is 25.1. The molecular weight excluding hydrogens is 580 g/mol. The maximum absolute atomic E-state index is 6.47. The molecule has 6 aromatic rings. The summed E-state index contributed by atoms with van der Waals surface area (Å²) in [6.07, 6.45) is 0.563. The topological polar surface area (TPSA) is 74.5 Å². The van der Waals surface area contributed by atoms with Crippen LogP contribution < -0.4 is 18.9 Å². The zero-order chi connectivity index (χ0) is 30.5. The Morgan fingerprint density at radius 2 is 0.935 bits per heavy atom. The molecule has 7 heteroatoms. The van der Waals surface area contributed by atoms with Gasteiger partial charge in [-0.25, -0.2) is 0 Å². The van der Waals surface area contributed by atoms with E-state index in [0.29, 0.717) is 19.8 Å². The van der Waals surface area contributed by atoms with Crippen LogP contribution in [0, 0.1) is 0 Å². The largest absolute Gasteiger partial charge is 0.491 e. The molecule has 0 aromatic heterocycles. The van der Waals surface area contributed by atoms with Crippen LogP contribution in [0.25, 0.3) is 43.4 Å². The predicted molar refractivity (Wildman–Crippen MR) is 177 cm³/mol. The highest BCUT2D eigenvalue weighted by Crippen LogP contribution is 2.41. The van der Waals surface area contributed by atoms with E-state index in [-0.39, 0.29) is 18.3 Å². The van der Waals surface area contributed by atoms with Gasteiger partial charge in [0.2, 0.25) is 0 Å². The molecule has 0 N–H and O–H groups in total. The van der Waals surface area contributed by atoms with Crippen LogP contribution in [0.3, 0.4) is 0 Å². The summed E-state index contributed by atoms with van der Waals surface area (Å²) in [7, 11) is 0. The van der Waals surface area contributed by atoms with Crippen LogP contribution in [-0.4, -0.2) is 58.0 Å². The van der Waals surface area contributed by atoms with Crippen molar-refractivity contribution < 1.29 is 33.2 Å². The number of rotatable bonds is 12. The molecule has 3 atom stereocenters. The van der Waals surface area contributed by atoms with E-state index in [1.807, 2.05) is 30.3 Å². The van der Waals surface area contributed by atoms with E-state index in [9.17, 15) is 0 Å². The zero-order valence-electron chi connectivity index (χ0n) is 25.1. The van der Waals surface area contributed by atoms with Gasteiger partial charge < -0.3 is 33.2 Å². The quantitative estimate of drug-likeness (QED) is 0.130. The molecule has 7 nitrogen and oxygen atoms in total. The minimum atomic E-state index is 0.144. The molecule has 0 bridgehead atoms. The second kappa shape index (κ2) is 11.5. The summed E-state index contributed by atoms with van der Waals surface area (Å²) in [5.41, 5.74) is 2.07. The van der Waals surface area contributed by atoms with Gasteiger partial charge in [0.05, 0.1) is 19.8 Å². The van der Waals surface area contributed by atoms with Crippen molar-refractivity contribution in [2.24, 2.45) is 0 Å². The molecule has 0 amide bonds. The Hall–Kier alpha value is -4.82. The van der Waals surface area contributed by atoms with Gasteiger partial charge in [0, 0.05) is 5.56 Å². The molecule has 3 aliphatic heterocycles. The van der Waals surface area contributed by atoms with Gasteiger partial charge in [-0.05, 0) is 98.5 Å². The molecule has 6 aromatic carbocycles. The van der Waals surface area contributed by atoms with E-state index in [1.165, 1.54) is 0 Å². The fourth-order valence-electron chi connectivity index (χ4n) is 5.78. The molecule has 3 fully saturated rings. The van der Waals surface area contributed by atoms with E-state index in [0.717, 1.165) is 92.0 Å². The Morgan fingerprint density at radius 3 is 1.57 bits per heavy atom. The van der Waals surface area contributed by atoms with Crippen molar-refractivity contribution in [3.05, 3.63) is 103 Å². The van der Waals surface area contributed by atoms with Gasteiger partial charge in [0.1, 0.15) is 66.9 Å². The van der Waals surface area contributed by atoms with Crippen molar-refractivity contribution in [1.29, 1.82) is 0 Å². The minimum Gasteiger partial charge on any atom is -0.491 e. The molecule has 0 saturated carbocycles. The number of hydrogen-bond acceptors (Lipinski definition) is 7. The molecule has 0 radical (unpaired) electrons. The summed E-state index contributed by atoms with van der Waals surface area (Å²) in [6.45, 7) is 3.93. The Balaban J connectivity index is 1.07. The van der Waals surface area contributed by atoms with Gasteiger partial charge in [-0.15, -0.1) is 0 Å². The Kier molecular flexibility index (Phi) is 6.88. The first kappa shape index (κ1) is 27.5. The first-order valence-electron chi connectivity index (χ1n) is 15.8. The number of benzene rings is 6. The molecular formula is C39H32O7. The number of ether oxygens (including phenoxy) is 7. The second-order valence-electron chi connectivity index (χ2n) is 12.1. The standard InChI is InChI=1S/C39H32O7/c1-2-27(13-28-14-30(8-3-24(1)28)40-18-34-20-42-34)39-37-17-33(11-6-26(37)7-12-38(39)45-23-36-22-44-36)46-32-10-5-25-4-9-31(15-29(25)16-32)41-19-35-21-43-35/h1-17,34-36H,18-23H2. The SMILES string of the molecule is c1cc2ccc(Oc3ccc4ccc(OCC5CO5)c(-c5ccc6ccc(OCC7CO7)cc6c5)c4c3)cc2cc1OCC1CO1. The summed E-state index contributed by atoms with van der Waals surface area (Å²) < 4.78 is 40.8. The average Bonchev–Trinajstić information content (AvgIpc) is 3.93. The maximum atomic E-state index is 6.47. The highest BCUT2D eigenvalue weighted by molar-refractivity contribution is 6.02. The first-order valence-corrected chi connectivity index (χ1v) is 15.8. The predicted octanol–water partition coefficient (Wildman–Crippen LogP) is 7.94. The lowest BCUT2D eigenvalue weighted by molar-refractivity contribution is 0.263. The van der Waals surface area contributed by atoms with Gasteiger partial charge in [0.15, 0.2) is 0 Å². The molecule has 9 rings (SSSR count). The van der Waals surface area contributed by atoms with Gasteiger partial charge in [-0.2, -0.15) is 0 Å². The van der Waals surface area contributed by atoms with Crippen LogP contribution in [0.1, 0.15) is 0 Å². The minimum absolute atomic E-state index is 0.144. The van der Waals surface area contributed by atoms with Crippen LogP contribution in [0.15, 0.2) is 103 Å². The normalized spacial score (nSPS) is 19.7. The van der Waals surface area contributed by atoms with Crippen molar-refractivity contribution in [3.63, 3.8) is 0 Å². The Morgan fingerprint density at radius 1 is 0.457 bits per heavy atom. The monoisotopic (exact) mass is 612 g/mol. The van der Waals surface area contributed by atoms with Crippen LogP contribution in [-0.2, 0) is 14.2 Å². The van der Waals surface area contributed by atoms with E-state index in [1.54, 1.807) is 0 Å². The van der Waals surface area contributed by atoms with Gasteiger partial charge in [0.25, 0.3) is 0 Å². The fourth-order valence-corrected chi connectivity index (χ4v) is 5.78. The molecule has 0 spiro atoms. The van der Waals surface area contributed by atoms with Crippen molar-refractivity contribution >= 4 is 32.3 Å². The summed E-state index contributed by atoms with van der Waals surface area (Å²) in [5.74, 6) is 3.97. The summed E-state index contributed by atoms with van der Waals surface area (Å²) in [4.78, 5) is 0. The smallest absolute Gasteiger partial charge is 0.128 e. The Bertz CT molecular complexity index is 2080. The third kappa shape index (κ3) is 6.05. The van der Waals surface area contributed by atoms with E-state index in [4.69, 9.17) is 33.2 Å². The van der Waals surface area contributed by atoms with Crippen LogP contribution in [0.4, 0.5) is 0 Å². The average molecular weight is 613 g/mol. The van der Waals surface area contributed by atoms with Gasteiger partial charge in [-0.3, -0.25) is 0 Å². The third-order valence-electron chi connectivity index (χ3n) is 8.58. The lowest BCUT2D eigenvalue weighted by atomic mass is 9.95. The summed E-state index contributed by atoms with van der Waals surface area (Å²) in [6, 6.07) is 35.3. The van der Waals surface area contributed by atoms with Crippen LogP contribution in [0.2, 0.25) is 0 Å². The fraction of sp³-hybridized carbons (Fsp3) is 0.231. The van der Waals surface area contributed by atoms with Crippen molar-refractivity contribution in [3.8, 4) is 39.9 Å². The Labute approximate surface area is 266 Å². The van der Waals surface area contributed by atoms with E-state index in [2.05, 4.69) is 72.8 Å². The van der Waals surface area contributed by atoms with Crippen molar-refractivity contribution in [2.45, 2.75) is 18.3 Å². The highest BCUT2D eigenvalue weighted by atomic mass is 16.6.